The number of esters is 1. The third-order valence-corrected chi connectivity index (χ3v) is 3.41. The second-order valence-electron chi connectivity index (χ2n) is 4.71. The van der Waals surface area contributed by atoms with Crippen molar-refractivity contribution in [2.75, 3.05) is 19.8 Å². The minimum Gasteiger partial charge on any atom is -0.492 e. The van der Waals surface area contributed by atoms with E-state index in [-0.39, 0.29) is 18.7 Å². The molecule has 1 amide bonds. The van der Waals surface area contributed by atoms with E-state index in [0.717, 1.165) is 6.07 Å². The van der Waals surface area contributed by atoms with E-state index in [4.69, 9.17) is 9.47 Å². The molecule has 7 heteroatoms. The van der Waals surface area contributed by atoms with Gasteiger partial charge in [-0.25, -0.2) is 9.18 Å². The molecule has 2 rings (SSSR count). The monoisotopic (exact) mass is 395 g/mol. The van der Waals surface area contributed by atoms with E-state index in [2.05, 4.69) is 21.2 Å². The van der Waals surface area contributed by atoms with Crippen LogP contribution in [-0.2, 0) is 9.53 Å². The molecule has 0 heterocycles. The number of ether oxygens (including phenoxy) is 2. The number of carbonyl (C=O) groups excluding carboxylic acids is 2. The molecule has 126 valence electrons. The molecule has 0 radical (unpaired) electrons. The summed E-state index contributed by atoms with van der Waals surface area (Å²) in [7, 11) is 0. The van der Waals surface area contributed by atoms with Gasteiger partial charge in [0.15, 0.2) is 6.61 Å². The minimum atomic E-state index is -0.893. The lowest BCUT2D eigenvalue weighted by atomic mass is 10.2. The van der Waals surface area contributed by atoms with Crippen LogP contribution >= 0.6 is 15.9 Å². The van der Waals surface area contributed by atoms with E-state index < -0.39 is 24.3 Å². The molecule has 0 saturated heterocycles. The average molecular weight is 396 g/mol. The van der Waals surface area contributed by atoms with Crippen molar-refractivity contribution in [2.45, 2.75) is 0 Å². The van der Waals surface area contributed by atoms with Gasteiger partial charge in [-0.3, -0.25) is 4.79 Å². The summed E-state index contributed by atoms with van der Waals surface area (Å²) in [4.78, 5) is 23.3. The molecule has 0 fully saturated rings. The molecular formula is C17H15BrFNO4. The number of rotatable bonds is 7. The maximum absolute atomic E-state index is 13.6. The molecule has 0 aliphatic heterocycles. The minimum absolute atomic E-state index is 0.224. The third kappa shape index (κ3) is 5.66. The zero-order valence-corrected chi connectivity index (χ0v) is 14.2. The van der Waals surface area contributed by atoms with Gasteiger partial charge < -0.3 is 14.8 Å². The van der Waals surface area contributed by atoms with Gasteiger partial charge in [0.2, 0.25) is 0 Å². The fourth-order valence-corrected chi connectivity index (χ4v) is 2.12. The summed E-state index contributed by atoms with van der Waals surface area (Å²) in [6.45, 7) is 0.0582. The van der Waals surface area contributed by atoms with Gasteiger partial charge in [0, 0.05) is 4.47 Å². The van der Waals surface area contributed by atoms with Gasteiger partial charge in [-0.1, -0.05) is 34.1 Å². The van der Waals surface area contributed by atoms with Crippen molar-refractivity contribution >= 4 is 27.8 Å². The molecule has 24 heavy (non-hydrogen) atoms. The normalized spacial score (nSPS) is 10.1. The number of para-hydroxylation sites is 1. The van der Waals surface area contributed by atoms with Crippen LogP contribution in [0.2, 0.25) is 0 Å². The Balaban J connectivity index is 1.68. The molecule has 0 aliphatic rings. The highest BCUT2D eigenvalue weighted by Crippen LogP contribution is 2.16. The summed E-state index contributed by atoms with van der Waals surface area (Å²) < 4.78 is 24.3. The molecule has 2 aromatic rings. The molecule has 0 aliphatic carbocycles. The summed E-state index contributed by atoms with van der Waals surface area (Å²) in [6.07, 6.45) is 0. The van der Waals surface area contributed by atoms with Crippen LogP contribution in [0, 0.1) is 5.82 Å². The summed E-state index contributed by atoms with van der Waals surface area (Å²) >= 11 is 3.09. The quantitative estimate of drug-likeness (QED) is 0.578. The van der Waals surface area contributed by atoms with Crippen molar-refractivity contribution in [1.29, 1.82) is 0 Å². The molecule has 1 N–H and O–H groups in total. The first-order valence-corrected chi connectivity index (χ1v) is 7.92. The van der Waals surface area contributed by atoms with Crippen LogP contribution in [0.4, 0.5) is 4.39 Å². The van der Waals surface area contributed by atoms with Crippen molar-refractivity contribution in [2.24, 2.45) is 0 Å². The van der Waals surface area contributed by atoms with E-state index in [0.29, 0.717) is 10.2 Å². The van der Waals surface area contributed by atoms with Gasteiger partial charge in [0.1, 0.15) is 18.2 Å². The Bertz CT molecular complexity index is 709. The van der Waals surface area contributed by atoms with E-state index in [1.165, 1.54) is 12.1 Å². The predicted molar refractivity (Wildman–Crippen MR) is 89.3 cm³/mol. The van der Waals surface area contributed by atoms with Crippen molar-refractivity contribution in [1.82, 2.24) is 5.32 Å². The van der Waals surface area contributed by atoms with Gasteiger partial charge in [-0.15, -0.1) is 0 Å². The fraction of sp³-hybridized carbons (Fsp3) is 0.176. The predicted octanol–water partition coefficient (Wildman–Crippen LogP) is 2.94. The number of hydrogen-bond donors (Lipinski definition) is 1. The molecule has 0 bridgehead atoms. The van der Waals surface area contributed by atoms with Crippen LogP contribution in [-0.4, -0.2) is 31.6 Å². The lowest BCUT2D eigenvalue weighted by Gasteiger charge is -2.08. The van der Waals surface area contributed by atoms with Crippen LogP contribution in [0.25, 0.3) is 0 Å². The fourth-order valence-electron chi connectivity index (χ4n) is 1.79. The average Bonchev–Trinajstić information content (AvgIpc) is 2.57. The lowest BCUT2D eigenvalue weighted by molar-refractivity contribution is -0.124. The largest absolute Gasteiger partial charge is 0.492 e. The number of carbonyl (C=O) groups is 2. The summed E-state index contributed by atoms with van der Waals surface area (Å²) in [6, 6.07) is 13.1. The maximum atomic E-state index is 13.6. The summed E-state index contributed by atoms with van der Waals surface area (Å²) in [5.41, 5.74) is -0.224. The second kappa shape index (κ2) is 9.02. The SMILES string of the molecule is O=C(COC(=O)c1ccc(Br)cc1F)NCCOc1ccccc1. The standard InChI is InChI=1S/C17H15BrFNO4/c18-12-6-7-14(15(19)10-12)17(22)24-11-16(21)20-8-9-23-13-4-2-1-3-5-13/h1-7,10H,8-9,11H2,(H,20,21). The van der Waals surface area contributed by atoms with Gasteiger partial charge in [0.05, 0.1) is 12.1 Å². The summed E-state index contributed by atoms with van der Waals surface area (Å²) in [5.74, 6) is -1.40. The van der Waals surface area contributed by atoms with Gasteiger partial charge in [-0.2, -0.15) is 0 Å². The zero-order chi connectivity index (χ0) is 17.4. The Morgan fingerprint density at radius 3 is 2.58 bits per heavy atom. The van der Waals surface area contributed by atoms with Crippen LogP contribution in [0.5, 0.6) is 5.75 Å². The van der Waals surface area contributed by atoms with Crippen LogP contribution < -0.4 is 10.1 Å². The van der Waals surface area contributed by atoms with Gasteiger partial charge in [-0.05, 0) is 30.3 Å². The topological polar surface area (TPSA) is 64.6 Å². The van der Waals surface area contributed by atoms with E-state index in [9.17, 15) is 14.0 Å². The second-order valence-corrected chi connectivity index (χ2v) is 5.63. The smallest absolute Gasteiger partial charge is 0.341 e. The van der Waals surface area contributed by atoms with E-state index in [1.54, 1.807) is 12.1 Å². The van der Waals surface area contributed by atoms with E-state index in [1.807, 2.05) is 18.2 Å². The Morgan fingerprint density at radius 2 is 1.88 bits per heavy atom. The first kappa shape index (κ1) is 17.9. The highest BCUT2D eigenvalue weighted by atomic mass is 79.9. The van der Waals surface area contributed by atoms with Crippen molar-refractivity contribution in [3.05, 3.63) is 64.4 Å². The lowest BCUT2D eigenvalue weighted by Crippen LogP contribution is -2.32. The van der Waals surface area contributed by atoms with Crippen LogP contribution in [0.1, 0.15) is 10.4 Å². The maximum Gasteiger partial charge on any atom is 0.341 e. The first-order chi connectivity index (χ1) is 11.6. The third-order valence-electron chi connectivity index (χ3n) is 2.92. The van der Waals surface area contributed by atoms with Gasteiger partial charge >= 0.3 is 5.97 Å². The van der Waals surface area contributed by atoms with E-state index >= 15 is 0 Å². The van der Waals surface area contributed by atoms with Crippen molar-refractivity contribution in [3.8, 4) is 5.75 Å². The first-order valence-electron chi connectivity index (χ1n) is 7.13. The molecule has 0 saturated carbocycles. The number of hydrogen-bond acceptors (Lipinski definition) is 4. The Hall–Kier alpha value is -2.41. The van der Waals surface area contributed by atoms with Crippen LogP contribution in [0.3, 0.4) is 0 Å². The zero-order valence-electron chi connectivity index (χ0n) is 12.6. The number of amides is 1. The highest BCUT2D eigenvalue weighted by molar-refractivity contribution is 9.10. The molecule has 5 nitrogen and oxygen atoms in total. The Labute approximate surface area is 146 Å². The number of nitrogens with one attached hydrogen (secondary N) is 1. The highest BCUT2D eigenvalue weighted by Gasteiger charge is 2.14. The molecule has 0 unspecified atom stereocenters. The molecule has 2 aromatic carbocycles. The van der Waals surface area contributed by atoms with Crippen LogP contribution in [0.15, 0.2) is 53.0 Å². The molecular weight excluding hydrogens is 381 g/mol. The Kier molecular flexibility index (Phi) is 6.74. The number of benzene rings is 2. The van der Waals surface area contributed by atoms with Crippen molar-refractivity contribution in [3.63, 3.8) is 0 Å². The molecule has 0 atom stereocenters. The summed E-state index contributed by atoms with van der Waals surface area (Å²) in [5, 5.41) is 2.54. The molecule has 0 aromatic heterocycles. The van der Waals surface area contributed by atoms with Gasteiger partial charge in [0.25, 0.3) is 5.91 Å². The number of halogens is 2. The van der Waals surface area contributed by atoms with Crippen molar-refractivity contribution < 1.29 is 23.5 Å². The Morgan fingerprint density at radius 1 is 1.12 bits per heavy atom. The molecule has 0 spiro atoms.